The van der Waals surface area contributed by atoms with Crippen molar-refractivity contribution in [2.24, 2.45) is 23.0 Å². The number of nitrogens with one attached hydrogen (secondary N) is 1. The fraction of sp³-hybridized carbons (Fsp3) is 1.00. The van der Waals surface area contributed by atoms with E-state index < -0.39 is 0 Å². The number of hydrogen-bond donors (Lipinski definition) is 2. The third-order valence-corrected chi connectivity index (χ3v) is 4.47. The molecule has 0 heterocycles. The zero-order valence-electron chi connectivity index (χ0n) is 12.8. The van der Waals surface area contributed by atoms with Crippen molar-refractivity contribution in [3.8, 4) is 0 Å². The van der Waals surface area contributed by atoms with Crippen LogP contribution in [0.3, 0.4) is 0 Å². The molecule has 0 aliphatic heterocycles. The molecule has 1 aliphatic rings. The van der Waals surface area contributed by atoms with E-state index in [1.54, 1.807) is 0 Å². The van der Waals surface area contributed by atoms with E-state index in [2.05, 4.69) is 26.1 Å². The maximum atomic E-state index is 5.83. The van der Waals surface area contributed by atoms with Crippen LogP contribution in [0.25, 0.3) is 0 Å². The molecule has 0 bridgehead atoms. The molecule has 0 aromatic carbocycles. The Labute approximate surface area is 114 Å². The van der Waals surface area contributed by atoms with Crippen molar-refractivity contribution in [2.45, 2.75) is 65.7 Å². The molecule has 108 valence electrons. The van der Waals surface area contributed by atoms with Gasteiger partial charge in [-0.1, -0.05) is 40.0 Å². The molecule has 1 aliphatic carbocycles. The van der Waals surface area contributed by atoms with Crippen LogP contribution in [0.15, 0.2) is 0 Å². The van der Waals surface area contributed by atoms with Crippen LogP contribution in [-0.4, -0.2) is 19.6 Å². The fourth-order valence-corrected chi connectivity index (χ4v) is 3.70. The summed E-state index contributed by atoms with van der Waals surface area (Å²) < 4.78 is 0. The van der Waals surface area contributed by atoms with Crippen LogP contribution in [0.1, 0.15) is 65.7 Å². The standard InChI is InChI=1S/C16H34N2/c1-4-7-15(11-17)12-18-13-16(10-14(2)3)8-5-6-9-16/h14-15,18H,4-13,17H2,1-3H3. The average Bonchev–Trinajstić information content (AvgIpc) is 2.75. The topological polar surface area (TPSA) is 38.0 Å². The van der Waals surface area contributed by atoms with Crippen LogP contribution < -0.4 is 11.1 Å². The Morgan fingerprint density at radius 2 is 1.89 bits per heavy atom. The van der Waals surface area contributed by atoms with Crippen LogP contribution in [0, 0.1) is 17.3 Å². The monoisotopic (exact) mass is 254 g/mol. The smallest absolute Gasteiger partial charge is 0.000803 e. The van der Waals surface area contributed by atoms with Crippen molar-refractivity contribution in [1.82, 2.24) is 5.32 Å². The molecule has 2 nitrogen and oxygen atoms in total. The Bertz CT molecular complexity index is 207. The van der Waals surface area contributed by atoms with Crippen molar-refractivity contribution in [2.75, 3.05) is 19.6 Å². The van der Waals surface area contributed by atoms with Gasteiger partial charge in [0.2, 0.25) is 0 Å². The van der Waals surface area contributed by atoms with E-state index in [-0.39, 0.29) is 0 Å². The van der Waals surface area contributed by atoms with E-state index in [0.29, 0.717) is 11.3 Å². The predicted octanol–water partition coefficient (Wildman–Crippen LogP) is 3.56. The Balaban J connectivity index is 2.33. The molecule has 0 saturated heterocycles. The minimum atomic E-state index is 0.597. The van der Waals surface area contributed by atoms with E-state index in [9.17, 15) is 0 Å². The second-order valence-electron chi connectivity index (χ2n) is 6.83. The summed E-state index contributed by atoms with van der Waals surface area (Å²) in [6, 6.07) is 0. The molecule has 3 N–H and O–H groups in total. The summed E-state index contributed by atoms with van der Waals surface area (Å²) in [5.74, 6) is 1.50. The van der Waals surface area contributed by atoms with Gasteiger partial charge in [0.05, 0.1) is 0 Å². The maximum Gasteiger partial charge on any atom is 0.000803 e. The molecule has 0 aromatic heterocycles. The van der Waals surface area contributed by atoms with Crippen molar-refractivity contribution < 1.29 is 0 Å². The molecule has 1 unspecified atom stereocenters. The molecule has 1 rings (SSSR count). The summed E-state index contributed by atoms with van der Waals surface area (Å²) in [5.41, 5.74) is 6.42. The summed E-state index contributed by atoms with van der Waals surface area (Å²) >= 11 is 0. The van der Waals surface area contributed by atoms with Gasteiger partial charge in [-0.15, -0.1) is 0 Å². The normalized spacial score (nSPS) is 20.5. The lowest BCUT2D eigenvalue weighted by Gasteiger charge is -2.32. The van der Waals surface area contributed by atoms with Gasteiger partial charge in [-0.05, 0) is 56.0 Å². The zero-order valence-corrected chi connectivity index (χ0v) is 12.8. The number of rotatable bonds is 9. The zero-order chi connectivity index (χ0) is 13.4. The second-order valence-corrected chi connectivity index (χ2v) is 6.83. The first-order valence-corrected chi connectivity index (χ1v) is 8.02. The van der Waals surface area contributed by atoms with Gasteiger partial charge in [-0.25, -0.2) is 0 Å². The Kier molecular flexibility index (Phi) is 7.25. The van der Waals surface area contributed by atoms with Crippen molar-refractivity contribution >= 4 is 0 Å². The molecule has 0 aromatic rings. The van der Waals surface area contributed by atoms with Crippen LogP contribution in [-0.2, 0) is 0 Å². The maximum absolute atomic E-state index is 5.83. The Hall–Kier alpha value is -0.0800. The van der Waals surface area contributed by atoms with Crippen molar-refractivity contribution in [3.63, 3.8) is 0 Å². The van der Waals surface area contributed by atoms with Gasteiger partial charge in [-0.3, -0.25) is 0 Å². The highest BCUT2D eigenvalue weighted by Gasteiger charge is 2.33. The highest BCUT2D eigenvalue weighted by molar-refractivity contribution is 4.87. The molecular formula is C16H34N2. The largest absolute Gasteiger partial charge is 0.330 e. The lowest BCUT2D eigenvalue weighted by Crippen LogP contribution is -2.37. The first kappa shape index (κ1) is 16.0. The van der Waals surface area contributed by atoms with Crippen molar-refractivity contribution in [3.05, 3.63) is 0 Å². The average molecular weight is 254 g/mol. The second kappa shape index (κ2) is 8.16. The van der Waals surface area contributed by atoms with Crippen molar-refractivity contribution in [1.29, 1.82) is 0 Å². The number of nitrogens with two attached hydrogens (primary N) is 1. The summed E-state index contributed by atoms with van der Waals surface area (Å²) in [7, 11) is 0. The Morgan fingerprint density at radius 3 is 2.39 bits per heavy atom. The highest BCUT2D eigenvalue weighted by Crippen LogP contribution is 2.42. The lowest BCUT2D eigenvalue weighted by atomic mass is 9.78. The van der Waals surface area contributed by atoms with E-state index in [4.69, 9.17) is 5.73 Å². The molecule has 0 radical (unpaired) electrons. The van der Waals surface area contributed by atoms with Gasteiger partial charge in [0.25, 0.3) is 0 Å². The van der Waals surface area contributed by atoms with E-state index in [1.807, 2.05) is 0 Å². The molecule has 1 fully saturated rings. The van der Waals surface area contributed by atoms with Gasteiger partial charge in [0, 0.05) is 6.54 Å². The molecule has 1 saturated carbocycles. The number of hydrogen-bond acceptors (Lipinski definition) is 2. The SMILES string of the molecule is CCCC(CN)CNCC1(CC(C)C)CCCC1. The lowest BCUT2D eigenvalue weighted by molar-refractivity contribution is 0.219. The van der Waals surface area contributed by atoms with E-state index in [0.717, 1.165) is 19.0 Å². The van der Waals surface area contributed by atoms with Gasteiger partial charge in [0.15, 0.2) is 0 Å². The van der Waals surface area contributed by atoms with Crippen LogP contribution in [0.5, 0.6) is 0 Å². The third-order valence-electron chi connectivity index (χ3n) is 4.47. The summed E-state index contributed by atoms with van der Waals surface area (Å²) in [6.07, 6.45) is 9.63. The van der Waals surface area contributed by atoms with Crippen LogP contribution in [0.2, 0.25) is 0 Å². The molecule has 2 heteroatoms. The van der Waals surface area contributed by atoms with Gasteiger partial charge in [0.1, 0.15) is 0 Å². The summed E-state index contributed by atoms with van der Waals surface area (Å²) in [4.78, 5) is 0. The van der Waals surface area contributed by atoms with E-state index in [1.165, 1.54) is 51.5 Å². The van der Waals surface area contributed by atoms with Crippen LogP contribution >= 0.6 is 0 Å². The molecule has 0 amide bonds. The predicted molar refractivity (Wildman–Crippen MR) is 80.7 cm³/mol. The summed E-state index contributed by atoms with van der Waals surface area (Å²) in [6.45, 7) is 10.1. The van der Waals surface area contributed by atoms with Gasteiger partial charge < -0.3 is 11.1 Å². The quantitative estimate of drug-likeness (QED) is 0.660. The first-order valence-electron chi connectivity index (χ1n) is 8.02. The van der Waals surface area contributed by atoms with Crippen LogP contribution in [0.4, 0.5) is 0 Å². The molecule has 18 heavy (non-hydrogen) atoms. The third kappa shape index (κ3) is 5.27. The summed E-state index contributed by atoms with van der Waals surface area (Å²) in [5, 5.41) is 3.73. The molecular weight excluding hydrogens is 220 g/mol. The molecule has 0 spiro atoms. The van der Waals surface area contributed by atoms with E-state index >= 15 is 0 Å². The van der Waals surface area contributed by atoms with Gasteiger partial charge in [-0.2, -0.15) is 0 Å². The Morgan fingerprint density at radius 1 is 1.22 bits per heavy atom. The minimum Gasteiger partial charge on any atom is -0.330 e. The fourth-order valence-electron chi connectivity index (χ4n) is 3.70. The minimum absolute atomic E-state index is 0.597. The van der Waals surface area contributed by atoms with Gasteiger partial charge >= 0.3 is 0 Å². The molecule has 1 atom stereocenters. The highest BCUT2D eigenvalue weighted by atomic mass is 14.9. The first-order chi connectivity index (χ1) is 8.62.